The van der Waals surface area contributed by atoms with Gasteiger partial charge in [-0.25, -0.2) is 0 Å². The van der Waals surface area contributed by atoms with Crippen LogP contribution < -0.4 is 5.32 Å². The molecule has 2 nitrogen and oxygen atoms in total. The quantitative estimate of drug-likeness (QED) is 0.700. The van der Waals surface area contributed by atoms with Crippen molar-refractivity contribution in [3.8, 4) is 0 Å². The summed E-state index contributed by atoms with van der Waals surface area (Å²) in [4.78, 5) is 0. The highest BCUT2D eigenvalue weighted by molar-refractivity contribution is 5.21. The highest BCUT2D eigenvalue weighted by atomic mass is 16.3. The third-order valence-electron chi connectivity index (χ3n) is 3.34. The molecule has 0 aliphatic heterocycles. The van der Waals surface area contributed by atoms with Crippen LogP contribution in [0, 0.1) is 0 Å². The van der Waals surface area contributed by atoms with Gasteiger partial charge in [0.05, 0.1) is 6.61 Å². The molecule has 102 valence electrons. The summed E-state index contributed by atoms with van der Waals surface area (Å²) in [5, 5.41) is 12.6. The lowest BCUT2D eigenvalue weighted by Gasteiger charge is -2.18. The Bertz CT molecular complexity index is 307. The maximum atomic E-state index is 9.00. The molecule has 1 atom stereocenters. The van der Waals surface area contributed by atoms with Crippen LogP contribution in [0.5, 0.6) is 0 Å². The second-order valence-electron chi connectivity index (χ2n) is 4.98. The maximum absolute atomic E-state index is 9.00. The van der Waals surface area contributed by atoms with Gasteiger partial charge in [-0.05, 0) is 24.0 Å². The van der Waals surface area contributed by atoms with Crippen molar-refractivity contribution in [1.29, 1.82) is 0 Å². The van der Waals surface area contributed by atoms with E-state index in [2.05, 4.69) is 31.3 Å². The first-order chi connectivity index (χ1) is 8.80. The lowest BCUT2D eigenvalue weighted by atomic mass is 10.0. The van der Waals surface area contributed by atoms with Crippen molar-refractivity contribution >= 4 is 0 Å². The molecule has 0 fully saturated rings. The molecule has 0 aliphatic rings. The number of benzene rings is 1. The van der Waals surface area contributed by atoms with Crippen LogP contribution in [-0.4, -0.2) is 11.1 Å². The number of aliphatic hydroxyl groups is 1. The van der Waals surface area contributed by atoms with Gasteiger partial charge in [-0.15, -0.1) is 0 Å². The van der Waals surface area contributed by atoms with Crippen molar-refractivity contribution in [1.82, 2.24) is 5.32 Å². The van der Waals surface area contributed by atoms with Crippen LogP contribution in [0.1, 0.15) is 57.1 Å². The zero-order chi connectivity index (χ0) is 13.2. The van der Waals surface area contributed by atoms with Crippen molar-refractivity contribution in [2.75, 3.05) is 0 Å². The Balaban J connectivity index is 2.39. The first kappa shape index (κ1) is 15.2. The number of hydrogen-bond acceptors (Lipinski definition) is 2. The fourth-order valence-corrected chi connectivity index (χ4v) is 2.17. The molecule has 2 N–H and O–H groups in total. The zero-order valence-electron chi connectivity index (χ0n) is 11.8. The molecular weight excluding hydrogens is 222 g/mol. The molecule has 0 saturated carbocycles. The van der Waals surface area contributed by atoms with Crippen molar-refractivity contribution in [2.24, 2.45) is 0 Å². The molecule has 0 radical (unpaired) electrons. The Kier molecular flexibility index (Phi) is 7.70. The van der Waals surface area contributed by atoms with E-state index in [0.717, 1.165) is 12.1 Å². The van der Waals surface area contributed by atoms with Gasteiger partial charge >= 0.3 is 0 Å². The lowest BCUT2D eigenvalue weighted by molar-refractivity contribution is 0.282. The van der Waals surface area contributed by atoms with E-state index in [0.29, 0.717) is 6.04 Å². The molecule has 0 saturated heterocycles. The topological polar surface area (TPSA) is 32.3 Å². The Morgan fingerprint density at radius 2 is 1.67 bits per heavy atom. The smallest absolute Gasteiger partial charge is 0.0681 e. The summed E-state index contributed by atoms with van der Waals surface area (Å²) >= 11 is 0. The Morgan fingerprint density at radius 3 is 2.22 bits per heavy atom. The molecule has 0 aliphatic carbocycles. The number of unbranched alkanes of at least 4 members (excludes halogenated alkanes) is 1. The molecule has 1 rings (SSSR count). The summed E-state index contributed by atoms with van der Waals surface area (Å²) in [5.74, 6) is 0. The van der Waals surface area contributed by atoms with Gasteiger partial charge in [0.25, 0.3) is 0 Å². The third kappa shape index (κ3) is 5.65. The molecule has 0 bridgehead atoms. The van der Waals surface area contributed by atoms with Crippen LogP contribution in [0.2, 0.25) is 0 Å². The van der Waals surface area contributed by atoms with Crippen LogP contribution >= 0.6 is 0 Å². The molecule has 0 heterocycles. The molecule has 1 aromatic rings. The molecule has 0 aromatic heterocycles. The number of rotatable bonds is 9. The summed E-state index contributed by atoms with van der Waals surface area (Å²) in [6.45, 7) is 5.55. The van der Waals surface area contributed by atoms with E-state index >= 15 is 0 Å². The van der Waals surface area contributed by atoms with E-state index < -0.39 is 0 Å². The molecule has 0 amide bonds. The zero-order valence-corrected chi connectivity index (χ0v) is 11.8. The SMILES string of the molecule is CCCCC(CCC)NCc1ccc(CO)cc1. The van der Waals surface area contributed by atoms with E-state index in [1.54, 1.807) is 0 Å². The Labute approximate surface area is 111 Å². The Morgan fingerprint density at radius 1 is 1.00 bits per heavy atom. The normalized spacial score (nSPS) is 12.6. The van der Waals surface area contributed by atoms with Gasteiger partial charge in [0, 0.05) is 12.6 Å². The molecule has 1 aromatic carbocycles. The largest absolute Gasteiger partial charge is 0.392 e. The van der Waals surface area contributed by atoms with Crippen molar-refractivity contribution in [3.63, 3.8) is 0 Å². The number of aliphatic hydroxyl groups excluding tert-OH is 1. The first-order valence-electron chi connectivity index (χ1n) is 7.22. The Hall–Kier alpha value is -0.860. The third-order valence-corrected chi connectivity index (χ3v) is 3.34. The van der Waals surface area contributed by atoms with E-state index in [1.165, 1.54) is 37.7 Å². The van der Waals surface area contributed by atoms with Gasteiger partial charge in [0.2, 0.25) is 0 Å². The van der Waals surface area contributed by atoms with Crippen molar-refractivity contribution in [2.45, 2.75) is 65.1 Å². The second-order valence-corrected chi connectivity index (χ2v) is 4.98. The molecule has 18 heavy (non-hydrogen) atoms. The summed E-state index contributed by atoms with van der Waals surface area (Å²) < 4.78 is 0. The molecule has 0 spiro atoms. The fourth-order valence-electron chi connectivity index (χ4n) is 2.17. The minimum atomic E-state index is 0.128. The van der Waals surface area contributed by atoms with Crippen LogP contribution in [-0.2, 0) is 13.2 Å². The van der Waals surface area contributed by atoms with Gasteiger partial charge in [0.1, 0.15) is 0 Å². The predicted molar refractivity (Wildman–Crippen MR) is 77.4 cm³/mol. The average molecular weight is 249 g/mol. The van der Waals surface area contributed by atoms with Gasteiger partial charge < -0.3 is 10.4 Å². The standard InChI is InChI=1S/C16H27NO/c1-3-5-7-16(6-4-2)17-12-14-8-10-15(13-18)11-9-14/h8-11,16-18H,3-7,12-13H2,1-2H3. The van der Waals surface area contributed by atoms with Gasteiger partial charge in [-0.1, -0.05) is 57.4 Å². The van der Waals surface area contributed by atoms with E-state index in [1.807, 2.05) is 12.1 Å². The van der Waals surface area contributed by atoms with Crippen LogP contribution in [0.15, 0.2) is 24.3 Å². The predicted octanol–water partition coefficient (Wildman–Crippen LogP) is 3.63. The van der Waals surface area contributed by atoms with Gasteiger partial charge in [-0.2, -0.15) is 0 Å². The summed E-state index contributed by atoms with van der Waals surface area (Å²) in [7, 11) is 0. The minimum Gasteiger partial charge on any atom is -0.392 e. The molecule has 1 unspecified atom stereocenters. The monoisotopic (exact) mass is 249 g/mol. The summed E-state index contributed by atoms with van der Waals surface area (Å²) in [6, 6.07) is 8.84. The van der Waals surface area contributed by atoms with E-state index in [9.17, 15) is 0 Å². The average Bonchev–Trinajstić information content (AvgIpc) is 2.42. The lowest BCUT2D eigenvalue weighted by Crippen LogP contribution is -2.28. The van der Waals surface area contributed by atoms with Crippen molar-refractivity contribution < 1.29 is 5.11 Å². The summed E-state index contributed by atoms with van der Waals surface area (Å²) in [5.41, 5.74) is 2.28. The van der Waals surface area contributed by atoms with Crippen molar-refractivity contribution in [3.05, 3.63) is 35.4 Å². The highest BCUT2D eigenvalue weighted by Gasteiger charge is 2.06. The molecular formula is C16H27NO. The van der Waals surface area contributed by atoms with E-state index in [4.69, 9.17) is 5.11 Å². The number of hydrogen-bond donors (Lipinski definition) is 2. The highest BCUT2D eigenvalue weighted by Crippen LogP contribution is 2.09. The first-order valence-corrected chi connectivity index (χ1v) is 7.22. The second kappa shape index (κ2) is 9.12. The van der Waals surface area contributed by atoms with Crippen LogP contribution in [0.3, 0.4) is 0 Å². The van der Waals surface area contributed by atoms with E-state index in [-0.39, 0.29) is 6.61 Å². The summed E-state index contributed by atoms with van der Waals surface area (Å²) in [6.07, 6.45) is 6.35. The molecule has 2 heteroatoms. The van der Waals surface area contributed by atoms with Gasteiger partial charge in [0.15, 0.2) is 0 Å². The van der Waals surface area contributed by atoms with Crippen LogP contribution in [0.25, 0.3) is 0 Å². The number of nitrogens with one attached hydrogen (secondary N) is 1. The maximum Gasteiger partial charge on any atom is 0.0681 e. The minimum absolute atomic E-state index is 0.128. The van der Waals surface area contributed by atoms with Gasteiger partial charge in [-0.3, -0.25) is 0 Å². The fraction of sp³-hybridized carbons (Fsp3) is 0.625. The van der Waals surface area contributed by atoms with Crippen LogP contribution in [0.4, 0.5) is 0 Å².